The van der Waals surface area contributed by atoms with E-state index in [9.17, 15) is 0 Å². The van der Waals surface area contributed by atoms with Crippen molar-refractivity contribution < 1.29 is 13.6 Å². The van der Waals surface area contributed by atoms with Crippen LogP contribution in [0.3, 0.4) is 0 Å². The summed E-state index contributed by atoms with van der Waals surface area (Å²) in [5.41, 5.74) is 0. The summed E-state index contributed by atoms with van der Waals surface area (Å²) in [7, 11) is -1.13. The highest BCUT2D eigenvalue weighted by Gasteiger charge is 2.12. The Labute approximate surface area is 184 Å². The van der Waals surface area contributed by atoms with E-state index in [-0.39, 0.29) is 6.15 Å². The van der Waals surface area contributed by atoms with Gasteiger partial charge in [-0.15, -0.1) is 0 Å². The maximum Gasteiger partial charge on any atom is 0.332 e. The molecule has 0 aromatic heterocycles. The van der Waals surface area contributed by atoms with Crippen molar-refractivity contribution in [2.24, 2.45) is 0 Å². The van der Waals surface area contributed by atoms with Crippen molar-refractivity contribution in [3.8, 4) is 0 Å². The Bertz CT molecular complexity index is 283. The third-order valence-corrected chi connectivity index (χ3v) is 6.26. The summed E-state index contributed by atoms with van der Waals surface area (Å²) >= 11 is 0. The van der Waals surface area contributed by atoms with Crippen LogP contribution in [-0.2, 0) is 13.6 Å². The van der Waals surface area contributed by atoms with Crippen molar-refractivity contribution in [2.45, 2.75) is 136 Å². The predicted molar refractivity (Wildman–Crippen MR) is 130 cm³/mol. The lowest BCUT2D eigenvalue weighted by atomic mass is 10.1. The van der Waals surface area contributed by atoms with Crippen molar-refractivity contribution >= 4 is 8.60 Å². The summed E-state index contributed by atoms with van der Waals surface area (Å²) in [6.45, 7) is 9.02. The standard InChI is InChI=1S/C24H51O3P.H3N/c1-4-7-10-12-13-14-15-16-17-18-19-21-24-27-28(25-22-9-6-3)26-23-20-11-8-5-2;/h4-24H2,1-3H3;1H3. The van der Waals surface area contributed by atoms with Crippen LogP contribution in [0.4, 0.5) is 0 Å². The van der Waals surface area contributed by atoms with Gasteiger partial charge in [0.05, 0.1) is 19.8 Å². The van der Waals surface area contributed by atoms with Gasteiger partial charge < -0.3 is 19.7 Å². The zero-order chi connectivity index (χ0) is 20.5. The maximum absolute atomic E-state index is 5.91. The minimum Gasteiger partial charge on any atom is -0.344 e. The van der Waals surface area contributed by atoms with Gasteiger partial charge in [-0.25, -0.2) is 0 Å². The molecule has 3 N–H and O–H groups in total. The van der Waals surface area contributed by atoms with Crippen LogP contribution in [0.1, 0.15) is 136 Å². The molecule has 0 fully saturated rings. The van der Waals surface area contributed by atoms with E-state index in [0.717, 1.165) is 45.5 Å². The van der Waals surface area contributed by atoms with Crippen LogP contribution in [0.2, 0.25) is 0 Å². The first kappa shape index (κ1) is 31.5. The molecule has 0 amide bonds. The van der Waals surface area contributed by atoms with E-state index in [4.69, 9.17) is 13.6 Å². The Kier molecular flexibility index (Phi) is 30.7. The topological polar surface area (TPSA) is 62.7 Å². The monoisotopic (exact) mass is 435 g/mol. The number of hydrogen-bond acceptors (Lipinski definition) is 4. The highest BCUT2D eigenvalue weighted by Crippen LogP contribution is 2.40. The van der Waals surface area contributed by atoms with Gasteiger partial charge in [-0.2, -0.15) is 0 Å². The molecule has 0 bridgehead atoms. The number of hydrogen-bond donors (Lipinski definition) is 1. The fraction of sp³-hybridized carbons (Fsp3) is 1.00. The highest BCUT2D eigenvalue weighted by atomic mass is 31.2. The summed E-state index contributed by atoms with van der Waals surface area (Å²) < 4.78 is 17.6. The van der Waals surface area contributed by atoms with Gasteiger partial charge in [-0.3, -0.25) is 0 Å². The Morgan fingerprint density at radius 1 is 0.379 bits per heavy atom. The summed E-state index contributed by atoms with van der Waals surface area (Å²) in [5, 5.41) is 0. The molecule has 1 atom stereocenters. The van der Waals surface area contributed by atoms with Crippen LogP contribution in [0, 0.1) is 0 Å². The molecule has 0 aliphatic carbocycles. The second kappa shape index (κ2) is 28.3. The van der Waals surface area contributed by atoms with Crippen LogP contribution in [0.25, 0.3) is 0 Å². The van der Waals surface area contributed by atoms with E-state index in [1.807, 2.05) is 0 Å². The first-order valence-corrected chi connectivity index (χ1v) is 13.6. The molecular formula is C24H54NO3P. The maximum atomic E-state index is 5.91. The van der Waals surface area contributed by atoms with Crippen molar-refractivity contribution in [2.75, 3.05) is 19.8 Å². The Hall–Kier alpha value is 0.270. The van der Waals surface area contributed by atoms with Crippen LogP contribution < -0.4 is 6.15 Å². The molecule has 0 heterocycles. The minimum atomic E-state index is -1.13. The molecule has 0 rings (SSSR count). The molecule has 0 aliphatic heterocycles. The second-order valence-electron chi connectivity index (χ2n) is 8.03. The number of rotatable bonds is 24. The lowest BCUT2D eigenvalue weighted by Crippen LogP contribution is -2.00. The van der Waals surface area contributed by atoms with Gasteiger partial charge in [-0.05, 0) is 19.3 Å². The summed E-state index contributed by atoms with van der Waals surface area (Å²) in [5.74, 6) is 0. The SMILES string of the molecule is CCCCCCCCCCCCCCOP(OCCCC)OCCCCCC.N. The Balaban J connectivity index is 0. The van der Waals surface area contributed by atoms with Gasteiger partial charge in [0.1, 0.15) is 0 Å². The normalized spacial score (nSPS) is 12.1. The highest BCUT2D eigenvalue weighted by molar-refractivity contribution is 7.41. The zero-order valence-corrected chi connectivity index (χ0v) is 21.1. The third-order valence-electron chi connectivity index (χ3n) is 5.08. The van der Waals surface area contributed by atoms with E-state index in [0.29, 0.717) is 0 Å². The van der Waals surface area contributed by atoms with E-state index in [1.165, 1.54) is 89.9 Å². The fourth-order valence-electron chi connectivity index (χ4n) is 3.15. The smallest absolute Gasteiger partial charge is 0.332 e. The van der Waals surface area contributed by atoms with Crippen molar-refractivity contribution in [1.82, 2.24) is 6.15 Å². The van der Waals surface area contributed by atoms with Gasteiger partial charge in [0.2, 0.25) is 0 Å². The first-order valence-electron chi connectivity index (χ1n) is 12.5. The van der Waals surface area contributed by atoms with Gasteiger partial charge >= 0.3 is 8.60 Å². The lowest BCUT2D eigenvalue weighted by molar-refractivity contribution is 0.154. The summed E-state index contributed by atoms with van der Waals surface area (Å²) in [4.78, 5) is 0. The van der Waals surface area contributed by atoms with E-state index in [1.54, 1.807) is 0 Å². The lowest BCUT2D eigenvalue weighted by Gasteiger charge is -2.16. The fourth-order valence-corrected chi connectivity index (χ4v) is 4.20. The van der Waals surface area contributed by atoms with Crippen LogP contribution in [-0.4, -0.2) is 19.8 Å². The van der Waals surface area contributed by atoms with Crippen molar-refractivity contribution in [3.05, 3.63) is 0 Å². The first-order chi connectivity index (χ1) is 13.8. The van der Waals surface area contributed by atoms with Gasteiger partial charge in [0.15, 0.2) is 0 Å². The van der Waals surface area contributed by atoms with Gasteiger partial charge in [0.25, 0.3) is 0 Å². The van der Waals surface area contributed by atoms with Gasteiger partial charge in [0, 0.05) is 0 Å². The molecule has 1 unspecified atom stereocenters. The summed E-state index contributed by atoms with van der Waals surface area (Å²) in [6, 6.07) is 0. The molecule has 0 saturated carbocycles. The molecule has 0 aliphatic rings. The van der Waals surface area contributed by atoms with E-state index < -0.39 is 8.60 Å². The predicted octanol–water partition coefficient (Wildman–Crippen LogP) is 9.51. The Morgan fingerprint density at radius 2 is 0.655 bits per heavy atom. The molecule has 0 saturated heterocycles. The van der Waals surface area contributed by atoms with E-state index >= 15 is 0 Å². The Morgan fingerprint density at radius 3 is 1.03 bits per heavy atom. The summed E-state index contributed by atoms with van der Waals surface area (Å²) in [6.07, 6.45) is 23.6. The van der Waals surface area contributed by atoms with Crippen LogP contribution in [0.15, 0.2) is 0 Å². The average molecular weight is 436 g/mol. The molecule has 178 valence electrons. The van der Waals surface area contributed by atoms with Crippen molar-refractivity contribution in [1.29, 1.82) is 0 Å². The molecular weight excluding hydrogens is 381 g/mol. The van der Waals surface area contributed by atoms with Crippen LogP contribution in [0.5, 0.6) is 0 Å². The second-order valence-corrected chi connectivity index (χ2v) is 9.25. The molecule has 5 heteroatoms. The van der Waals surface area contributed by atoms with Crippen LogP contribution >= 0.6 is 8.60 Å². The average Bonchev–Trinajstić information content (AvgIpc) is 2.71. The van der Waals surface area contributed by atoms with Gasteiger partial charge in [-0.1, -0.05) is 117 Å². The quantitative estimate of drug-likeness (QED) is 0.121. The van der Waals surface area contributed by atoms with E-state index in [2.05, 4.69) is 20.8 Å². The molecule has 0 radical (unpaired) electrons. The largest absolute Gasteiger partial charge is 0.344 e. The molecule has 4 nitrogen and oxygen atoms in total. The molecule has 0 spiro atoms. The minimum absolute atomic E-state index is 0. The van der Waals surface area contributed by atoms with Crippen molar-refractivity contribution in [3.63, 3.8) is 0 Å². The molecule has 0 aromatic rings. The third kappa shape index (κ3) is 26.2. The number of unbranched alkanes of at least 4 members (excludes halogenated alkanes) is 15. The molecule has 29 heavy (non-hydrogen) atoms. The zero-order valence-electron chi connectivity index (χ0n) is 20.2. The molecule has 0 aromatic carbocycles.